The standard InChI is InChI=1S/C16H27FN2O/c1-13(2)20-12-11-19(4)10-9-16(18-3)14-7-5-6-8-15(14)17/h5-8,13,16,18H,9-12H2,1-4H3. The molecule has 0 radical (unpaired) electrons. The van der Waals surface area contributed by atoms with Crippen LogP contribution in [0.1, 0.15) is 31.9 Å². The van der Waals surface area contributed by atoms with Crippen molar-refractivity contribution in [2.45, 2.75) is 32.4 Å². The molecule has 0 aliphatic heterocycles. The van der Waals surface area contributed by atoms with Crippen molar-refractivity contribution < 1.29 is 9.13 Å². The summed E-state index contributed by atoms with van der Waals surface area (Å²) in [6, 6.07) is 7.01. The third-order valence-corrected chi connectivity index (χ3v) is 3.35. The van der Waals surface area contributed by atoms with Gasteiger partial charge in [-0.05, 0) is 47.0 Å². The van der Waals surface area contributed by atoms with E-state index in [4.69, 9.17) is 4.74 Å². The largest absolute Gasteiger partial charge is 0.377 e. The molecule has 0 bridgehead atoms. The molecule has 1 atom stereocenters. The Labute approximate surface area is 122 Å². The first kappa shape index (κ1) is 17.1. The maximum atomic E-state index is 13.8. The summed E-state index contributed by atoms with van der Waals surface area (Å²) in [5, 5.41) is 3.19. The van der Waals surface area contributed by atoms with Crippen LogP contribution in [0.5, 0.6) is 0 Å². The van der Waals surface area contributed by atoms with Crippen molar-refractivity contribution in [1.29, 1.82) is 0 Å². The molecule has 3 nitrogen and oxygen atoms in total. The minimum absolute atomic E-state index is 0.0460. The Bertz CT molecular complexity index is 384. The van der Waals surface area contributed by atoms with Gasteiger partial charge in [-0.1, -0.05) is 18.2 Å². The van der Waals surface area contributed by atoms with Gasteiger partial charge in [0, 0.05) is 18.2 Å². The summed E-state index contributed by atoms with van der Waals surface area (Å²) in [6.45, 7) is 6.61. The molecule has 1 rings (SSSR count). The van der Waals surface area contributed by atoms with Gasteiger partial charge < -0.3 is 15.0 Å². The summed E-state index contributed by atoms with van der Waals surface area (Å²) in [6.07, 6.45) is 1.14. The van der Waals surface area contributed by atoms with E-state index in [2.05, 4.69) is 17.3 Å². The van der Waals surface area contributed by atoms with Crippen LogP contribution in [0, 0.1) is 5.82 Å². The molecule has 0 amide bonds. The van der Waals surface area contributed by atoms with Crippen LogP contribution in [-0.4, -0.2) is 44.8 Å². The average molecular weight is 282 g/mol. The van der Waals surface area contributed by atoms with Gasteiger partial charge >= 0.3 is 0 Å². The molecule has 4 heteroatoms. The molecule has 1 N–H and O–H groups in total. The Hall–Kier alpha value is -0.970. The molecule has 114 valence electrons. The number of hydrogen-bond donors (Lipinski definition) is 1. The van der Waals surface area contributed by atoms with Gasteiger partial charge in [-0.25, -0.2) is 4.39 Å². The molecule has 0 aromatic heterocycles. The molecule has 0 saturated heterocycles. The predicted octanol–water partition coefficient (Wildman–Crippen LogP) is 2.83. The van der Waals surface area contributed by atoms with E-state index in [1.54, 1.807) is 6.07 Å². The molecule has 0 saturated carbocycles. The molecule has 0 spiro atoms. The van der Waals surface area contributed by atoms with Crippen molar-refractivity contribution in [3.05, 3.63) is 35.6 Å². The highest BCUT2D eigenvalue weighted by atomic mass is 19.1. The second kappa shape index (κ2) is 9.06. The van der Waals surface area contributed by atoms with Crippen LogP contribution in [0.15, 0.2) is 24.3 Å². The zero-order chi connectivity index (χ0) is 15.0. The Morgan fingerprint density at radius 1 is 1.25 bits per heavy atom. The highest BCUT2D eigenvalue weighted by Crippen LogP contribution is 2.19. The fourth-order valence-electron chi connectivity index (χ4n) is 2.12. The number of rotatable bonds is 9. The Morgan fingerprint density at radius 2 is 1.95 bits per heavy atom. The van der Waals surface area contributed by atoms with Crippen molar-refractivity contribution in [2.24, 2.45) is 0 Å². The number of halogens is 1. The maximum Gasteiger partial charge on any atom is 0.127 e. The second-order valence-corrected chi connectivity index (χ2v) is 5.37. The van der Waals surface area contributed by atoms with Crippen molar-refractivity contribution in [3.63, 3.8) is 0 Å². The lowest BCUT2D eigenvalue weighted by Gasteiger charge is -2.22. The van der Waals surface area contributed by atoms with Gasteiger partial charge in [-0.3, -0.25) is 0 Å². The van der Waals surface area contributed by atoms with Gasteiger partial charge in [0.25, 0.3) is 0 Å². The van der Waals surface area contributed by atoms with E-state index >= 15 is 0 Å². The molecule has 0 fully saturated rings. The second-order valence-electron chi connectivity index (χ2n) is 5.37. The summed E-state index contributed by atoms with van der Waals surface area (Å²) in [5.74, 6) is -0.141. The predicted molar refractivity (Wildman–Crippen MR) is 81.4 cm³/mol. The Kier molecular flexibility index (Phi) is 7.73. The zero-order valence-corrected chi connectivity index (χ0v) is 13.0. The van der Waals surface area contributed by atoms with Gasteiger partial charge in [-0.15, -0.1) is 0 Å². The summed E-state index contributed by atoms with van der Waals surface area (Å²) in [7, 11) is 3.94. The minimum Gasteiger partial charge on any atom is -0.377 e. The number of ether oxygens (including phenoxy) is 1. The third-order valence-electron chi connectivity index (χ3n) is 3.35. The molecular weight excluding hydrogens is 255 g/mol. The third kappa shape index (κ3) is 5.99. The smallest absolute Gasteiger partial charge is 0.127 e. The normalized spacial score (nSPS) is 13.2. The molecule has 1 aromatic rings. The van der Waals surface area contributed by atoms with Crippen molar-refractivity contribution in [2.75, 3.05) is 33.8 Å². The number of nitrogens with zero attached hydrogens (tertiary/aromatic N) is 1. The molecule has 0 aliphatic carbocycles. The van der Waals surface area contributed by atoms with Crippen LogP contribution < -0.4 is 5.32 Å². The SMILES string of the molecule is CNC(CCN(C)CCOC(C)C)c1ccccc1F. The van der Waals surface area contributed by atoms with Gasteiger partial charge in [-0.2, -0.15) is 0 Å². The van der Waals surface area contributed by atoms with E-state index in [-0.39, 0.29) is 18.0 Å². The molecule has 0 aliphatic rings. The number of hydrogen-bond acceptors (Lipinski definition) is 3. The van der Waals surface area contributed by atoms with Crippen LogP contribution in [0.2, 0.25) is 0 Å². The van der Waals surface area contributed by atoms with Crippen LogP contribution in [0.3, 0.4) is 0 Å². The highest BCUT2D eigenvalue weighted by Gasteiger charge is 2.14. The van der Waals surface area contributed by atoms with Crippen LogP contribution >= 0.6 is 0 Å². The van der Waals surface area contributed by atoms with Gasteiger partial charge in [0.2, 0.25) is 0 Å². The van der Waals surface area contributed by atoms with E-state index < -0.39 is 0 Å². The van der Waals surface area contributed by atoms with Crippen LogP contribution in [-0.2, 0) is 4.74 Å². The van der Waals surface area contributed by atoms with Crippen LogP contribution in [0.4, 0.5) is 4.39 Å². The fourth-order valence-corrected chi connectivity index (χ4v) is 2.12. The molecule has 0 heterocycles. The van der Waals surface area contributed by atoms with Crippen molar-refractivity contribution in [1.82, 2.24) is 10.2 Å². The van der Waals surface area contributed by atoms with Crippen molar-refractivity contribution >= 4 is 0 Å². The quantitative estimate of drug-likeness (QED) is 0.754. The van der Waals surface area contributed by atoms with Crippen molar-refractivity contribution in [3.8, 4) is 0 Å². The summed E-state index contributed by atoms with van der Waals surface area (Å²) in [4.78, 5) is 2.22. The van der Waals surface area contributed by atoms with Gasteiger partial charge in [0.1, 0.15) is 5.82 Å². The van der Waals surface area contributed by atoms with E-state index in [9.17, 15) is 4.39 Å². The number of likely N-dealkylation sites (N-methyl/N-ethyl adjacent to an activating group) is 1. The minimum atomic E-state index is -0.141. The first-order valence-electron chi connectivity index (χ1n) is 7.26. The first-order chi connectivity index (χ1) is 9.54. The fraction of sp³-hybridized carbons (Fsp3) is 0.625. The first-order valence-corrected chi connectivity index (χ1v) is 7.26. The maximum absolute atomic E-state index is 13.8. The Morgan fingerprint density at radius 3 is 2.55 bits per heavy atom. The van der Waals surface area contributed by atoms with Gasteiger partial charge in [0.05, 0.1) is 12.7 Å². The topological polar surface area (TPSA) is 24.5 Å². The van der Waals surface area contributed by atoms with E-state index in [0.29, 0.717) is 0 Å². The lowest BCUT2D eigenvalue weighted by atomic mass is 10.0. The number of nitrogens with one attached hydrogen (secondary N) is 1. The average Bonchev–Trinajstić information content (AvgIpc) is 2.41. The van der Waals surface area contributed by atoms with Crippen LogP contribution in [0.25, 0.3) is 0 Å². The molecule has 1 unspecified atom stereocenters. The van der Waals surface area contributed by atoms with E-state index in [1.807, 2.05) is 33.0 Å². The summed E-state index contributed by atoms with van der Waals surface area (Å²) in [5.41, 5.74) is 0.738. The summed E-state index contributed by atoms with van der Waals surface area (Å²) >= 11 is 0. The number of benzene rings is 1. The lowest BCUT2D eigenvalue weighted by molar-refractivity contribution is 0.0632. The summed E-state index contributed by atoms with van der Waals surface area (Å²) < 4.78 is 19.3. The van der Waals surface area contributed by atoms with Gasteiger partial charge in [0.15, 0.2) is 0 Å². The van der Waals surface area contributed by atoms with E-state index in [1.165, 1.54) is 6.07 Å². The molecule has 1 aromatic carbocycles. The monoisotopic (exact) mass is 282 g/mol. The highest BCUT2D eigenvalue weighted by molar-refractivity contribution is 5.21. The Balaban J connectivity index is 2.40. The van der Waals surface area contributed by atoms with E-state index in [0.717, 1.165) is 31.7 Å². The molecular formula is C16H27FN2O. The zero-order valence-electron chi connectivity index (χ0n) is 13.0. The molecule has 20 heavy (non-hydrogen) atoms. The lowest BCUT2D eigenvalue weighted by Crippen LogP contribution is -2.29.